The molecule has 3 nitrogen and oxygen atoms in total. The smallest absolute Gasteiger partial charge is 0.249 e. The van der Waals surface area contributed by atoms with E-state index >= 15 is 0 Å². The first-order chi connectivity index (χ1) is 8.63. The van der Waals surface area contributed by atoms with Gasteiger partial charge in [-0.2, -0.15) is 12.6 Å². The highest BCUT2D eigenvalue weighted by molar-refractivity contribution is 7.80. The third-order valence-corrected chi connectivity index (χ3v) is 3.55. The van der Waals surface area contributed by atoms with Gasteiger partial charge in [0.15, 0.2) is 0 Å². The van der Waals surface area contributed by atoms with E-state index in [9.17, 15) is 4.79 Å². The van der Waals surface area contributed by atoms with Gasteiger partial charge in [-0.25, -0.2) is 0 Å². The fraction of sp³-hybridized carbons (Fsp3) is 0.667. The number of hydrogen-bond acceptors (Lipinski definition) is 3. The summed E-state index contributed by atoms with van der Waals surface area (Å²) in [6.45, 7) is 16.3. The first-order valence-electron chi connectivity index (χ1n) is 6.45. The van der Waals surface area contributed by atoms with E-state index in [1.165, 1.54) is 0 Å². The molecular formula is C15H27NO2S. The van der Waals surface area contributed by atoms with Crippen molar-refractivity contribution in [1.29, 1.82) is 0 Å². The monoisotopic (exact) mass is 285 g/mol. The molecule has 1 N–H and O–H groups in total. The summed E-state index contributed by atoms with van der Waals surface area (Å²) in [5, 5.41) is 2.68. The van der Waals surface area contributed by atoms with Gasteiger partial charge in [-0.3, -0.25) is 4.79 Å². The second-order valence-electron chi connectivity index (χ2n) is 6.15. The van der Waals surface area contributed by atoms with Gasteiger partial charge < -0.3 is 10.1 Å². The molecule has 0 saturated carbocycles. The number of carbonyl (C=O) groups is 1. The van der Waals surface area contributed by atoms with Gasteiger partial charge in [0.2, 0.25) is 5.91 Å². The van der Waals surface area contributed by atoms with Crippen LogP contribution in [0.1, 0.15) is 34.1 Å². The first-order valence-corrected chi connectivity index (χ1v) is 7.08. The fourth-order valence-corrected chi connectivity index (χ4v) is 2.01. The Bertz CT molecular complexity index is 335. The molecule has 0 saturated heterocycles. The lowest BCUT2D eigenvalue weighted by Crippen LogP contribution is -2.35. The predicted octanol–water partition coefficient (Wildman–Crippen LogP) is 2.99. The number of hydrogen-bond donors (Lipinski definition) is 2. The Hall–Kier alpha value is -0.740. The molecule has 0 unspecified atom stereocenters. The Balaban J connectivity index is 4.27. The van der Waals surface area contributed by atoms with Gasteiger partial charge in [-0.15, -0.1) is 6.58 Å². The third kappa shape index (κ3) is 8.11. The summed E-state index contributed by atoms with van der Waals surface area (Å²) in [5.74, 6) is 0.602. The molecule has 0 fully saturated rings. The van der Waals surface area contributed by atoms with Crippen molar-refractivity contribution in [3.05, 3.63) is 24.8 Å². The highest BCUT2D eigenvalue weighted by Crippen LogP contribution is 2.31. The van der Waals surface area contributed by atoms with E-state index in [-0.39, 0.29) is 23.5 Å². The molecule has 4 heteroatoms. The average molecular weight is 285 g/mol. The van der Waals surface area contributed by atoms with Crippen LogP contribution in [0, 0.1) is 5.41 Å². The number of amides is 1. The molecule has 0 aliphatic rings. The second-order valence-corrected chi connectivity index (χ2v) is 6.47. The standard InChI is InChI=1S/C15H27NO2S/c1-7-8-16-13(17)12(2)9-18-15(5,6)10-14(3,4)11-19/h7,19H,1-2,8-11H2,3-6H3,(H,16,17). The largest absolute Gasteiger partial charge is 0.371 e. The Morgan fingerprint density at radius 2 is 1.95 bits per heavy atom. The van der Waals surface area contributed by atoms with Crippen molar-refractivity contribution in [2.45, 2.75) is 39.7 Å². The minimum absolute atomic E-state index is 0.0963. The van der Waals surface area contributed by atoms with Gasteiger partial charge in [0.1, 0.15) is 0 Å². The molecule has 0 rings (SSSR count). The summed E-state index contributed by atoms with van der Waals surface area (Å²) in [7, 11) is 0. The fourth-order valence-electron chi connectivity index (χ4n) is 1.90. The van der Waals surface area contributed by atoms with Gasteiger partial charge in [0, 0.05) is 12.1 Å². The number of thiol groups is 1. The molecule has 0 bridgehead atoms. The van der Waals surface area contributed by atoms with Crippen molar-refractivity contribution in [3.8, 4) is 0 Å². The Morgan fingerprint density at radius 3 is 2.42 bits per heavy atom. The normalized spacial score (nSPS) is 12.1. The predicted molar refractivity (Wildman–Crippen MR) is 84.6 cm³/mol. The van der Waals surface area contributed by atoms with Crippen molar-refractivity contribution in [2.75, 3.05) is 18.9 Å². The maximum atomic E-state index is 11.6. The molecule has 0 aromatic heterocycles. The third-order valence-electron chi connectivity index (χ3n) is 2.70. The van der Waals surface area contributed by atoms with Crippen LogP contribution in [-0.2, 0) is 9.53 Å². The van der Waals surface area contributed by atoms with Gasteiger partial charge in [-0.1, -0.05) is 26.5 Å². The van der Waals surface area contributed by atoms with Gasteiger partial charge in [0.05, 0.1) is 12.2 Å². The van der Waals surface area contributed by atoms with E-state index < -0.39 is 0 Å². The highest BCUT2D eigenvalue weighted by atomic mass is 32.1. The van der Waals surface area contributed by atoms with Crippen molar-refractivity contribution in [3.63, 3.8) is 0 Å². The SMILES string of the molecule is C=CCNC(=O)C(=C)COC(C)(C)CC(C)(C)CS. The second kappa shape index (κ2) is 7.75. The molecule has 1 amide bonds. The van der Waals surface area contributed by atoms with Crippen LogP contribution in [0.4, 0.5) is 0 Å². The van der Waals surface area contributed by atoms with Crippen molar-refractivity contribution in [1.82, 2.24) is 5.32 Å². The van der Waals surface area contributed by atoms with E-state index in [0.717, 1.165) is 12.2 Å². The Morgan fingerprint density at radius 1 is 1.37 bits per heavy atom. The molecule has 0 aliphatic carbocycles. The van der Waals surface area contributed by atoms with Crippen molar-refractivity contribution >= 4 is 18.5 Å². The van der Waals surface area contributed by atoms with E-state index in [0.29, 0.717) is 12.1 Å². The van der Waals surface area contributed by atoms with Crippen LogP contribution >= 0.6 is 12.6 Å². The van der Waals surface area contributed by atoms with Gasteiger partial charge in [-0.05, 0) is 31.4 Å². The van der Waals surface area contributed by atoms with E-state index in [1.54, 1.807) is 6.08 Å². The molecule has 0 aromatic rings. The topological polar surface area (TPSA) is 38.3 Å². The molecule has 0 spiro atoms. The first kappa shape index (κ1) is 18.3. The molecule has 0 aliphatic heterocycles. The quantitative estimate of drug-likeness (QED) is 0.388. The molecule has 0 aromatic carbocycles. The molecular weight excluding hydrogens is 258 g/mol. The number of nitrogens with one attached hydrogen (secondary N) is 1. The highest BCUT2D eigenvalue weighted by Gasteiger charge is 2.29. The van der Waals surface area contributed by atoms with Gasteiger partial charge >= 0.3 is 0 Å². The summed E-state index contributed by atoms with van der Waals surface area (Å²) in [6, 6.07) is 0. The molecule has 110 valence electrons. The van der Waals surface area contributed by atoms with Crippen LogP contribution in [0.25, 0.3) is 0 Å². The van der Waals surface area contributed by atoms with Crippen LogP contribution in [0.2, 0.25) is 0 Å². The van der Waals surface area contributed by atoms with E-state index in [4.69, 9.17) is 4.74 Å². The lowest BCUT2D eigenvalue weighted by molar-refractivity contribution is -0.118. The van der Waals surface area contributed by atoms with Crippen LogP contribution < -0.4 is 5.32 Å². The minimum Gasteiger partial charge on any atom is -0.371 e. The van der Waals surface area contributed by atoms with Gasteiger partial charge in [0.25, 0.3) is 0 Å². The lowest BCUT2D eigenvalue weighted by atomic mass is 9.83. The van der Waals surface area contributed by atoms with E-state index in [1.807, 2.05) is 13.8 Å². The summed E-state index contributed by atoms with van der Waals surface area (Å²) in [6.07, 6.45) is 2.50. The van der Waals surface area contributed by atoms with Crippen LogP contribution in [0.3, 0.4) is 0 Å². The van der Waals surface area contributed by atoms with Crippen LogP contribution in [-0.4, -0.2) is 30.4 Å². The number of carbonyl (C=O) groups excluding carboxylic acids is 1. The zero-order chi connectivity index (χ0) is 15.1. The molecule has 19 heavy (non-hydrogen) atoms. The summed E-state index contributed by atoms with van der Waals surface area (Å²) < 4.78 is 5.81. The van der Waals surface area contributed by atoms with Crippen LogP contribution in [0.15, 0.2) is 24.8 Å². The molecule has 0 atom stereocenters. The van der Waals surface area contributed by atoms with E-state index in [2.05, 4.69) is 45.0 Å². The average Bonchev–Trinajstić information content (AvgIpc) is 2.31. The Labute approximate surface area is 122 Å². The Kier molecular flexibility index (Phi) is 7.45. The molecule has 0 radical (unpaired) electrons. The summed E-state index contributed by atoms with van der Waals surface area (Å²) in [4.78, 5) is 11.6. The number of ether oxygens (including phenoxy) is 1. The van der Waals surface area contributed by atoms with Crippen LogP contribution in [0.5, 0.6) is 0 Å². The van der Waals surface area contributed by atoms with Crippen molar-refractivity contribution < 1.29 is 9.53 Å². The zero-order valence-electron chi connectivity index (χ0n) is 12.6. The lowest BCUT2D eigenvalue weighted by Gasteiger charge is -2.34. The maximum absolute atomic E-state index is 11.6. The van der Waals surface area contributed by atoms with Crippen molar-refractivity contribution in [2.24, 2.45) is 5.41 Å². The summed E-state index contributed by atoms with van der Waals surface area (Å²) >= 11 is 4.35. The zero-order valence-corrected chi connectivity index (χ0v) is 13.5. The maximum Gasteiger partial charge on any atom is 0.249 e. The minimum atomic E-state index is -0.312. The summed E-state index contributed by atoms with van der Waals surface area (Å²) in [5.41, 5.74) is 0.214. The number of rotatable bonds is 9. The molecule has 0 heterocycles.